The molecule has 0 unspecified atom stereocenters. The number of rotatable bonds is 11. The predicted molar refractivity (Wildman–Crippen MR) is 90.7 cm³/mol. The van der Waals surface area contributed by atoms with Crippen LogP contribution in [0, 0.1) is 0 Å². The third-order valence-electron chi connectivity index (χ3n) is 3.18. The van der Waals surface area contributed by atoms with Crippen LogP contribution in [0.1, 0.15) is 34.6 Å². The van der Waals surface area contributed by atoms with Crippen LogP contribution in [0.4, 0.5) is 0 Å². The van der Waals surface area contributed by atoms with Crippen LogP contribution < -0.4 is 0 Å². The molecule has 11 nitrogen and oxygen atoms in total. The molecule has 0 aromatic heterocycles. The second-order valence-corrected chi connectivity index (χ2v) is 5.68. The van der Waals surface area contributed by atoms with Crippen LogP contribution >= 0.6 is 0 Å². The van der Waals surface area contributed by atoms with Crippen LogP contribution in [0.25, 0.3) is 0 Å². The third kappa shape index (κ3) is 10.5. The van der Waals surface area contributed by atoms with Gasteiger partial charge >= 0.3 is 29.8 Å². The molecule has 160 valence electrons. The van der Waals surface area contributed by atoms with Gasteiger partial charge < -0.3 is 28.4 Å². The molecule has 0 radical (unpaired) electrons. The molecule has 0 aromatic carbocycles. The highest BCUT2D eigenvalue weighted by Crippen LogP contribution is 2.20. The summed E-state index contributed by atoms with van der Waals surface area (Å²) in [6.45, 7) is 4.76. The fourth-order valence-electron chi connectivity index (χ4n) is 2.20. The summed E-state index contributed by atoms with van der Waals surface area (Å²) in [6.07, 6.45) is -5.15. The summed E-state index contributed by atoms with van der Waals surface area (Å²) in [7, 11) is 1.25. The van der Waals surface area contributed by atoms with Crippen molar-refractivity contribution in [2.45, 2.75) is 59.0 Å². The molecule has 0 fully saturated rings. The van der Waals surface area contributed by atoms with E-state index in [9.17, 15) is 24.0 Å². The molecule has 0 saturated carbocycles. The molecule has 11 heteroatoms. The quantitative estimate of drug-likeness (QED) is 0.336. The van der Waals surface area contributed by atoms with Gasteiger partial charge in [0.1, 0.15) is 19.3 Å². The Kier molecular flexibility index (Phi) is 11.4. The van der Waals surface area contributed by atoms with E-state index in [1.54, 1.807) is 0 Å². The molecule has 0 aliphatic carbocycles. The maximum atomic E-state index is 11.6. The minimum Gasteiger partial charge on any atom is -0.463 e. The van der Waals surface area contributed by atoms with Crippen molar-refractivity contribution in [3.05, 3.63) is 0 Å². The van der Waals surface area contributed by atoms with Crippen LogP contribution in [0.5, 0.6) is 0 Å². The van der Waals surface area contributed by atoms with E-state index in [1.807, 2.05) is 0 Å². The Labute approximate surface area is 162 Å². The zero-order valence-electron chi connectivity index (χ0n) is 16.7. The van der Waals surface area contributed by atoms with Crippen molar-refractivity contribution < 1.29 is 52.4 Å². The number of hydrogen-bond acceptors (Lipinski definition) is 11. The molecule has 0 amide bonds. The molecule has 0 saturated heterocycles. The SMILES string of the molecule is CO[C@H](COC(C)=O)[C@H](OC(C)=O)[C@@H](OC(C)=O)[C@H](COC(C)=O)OC(C)=O. The lowest BCUT2D eigenvalue weighted by molar-refractivity contribution is -0.203. The van der Waals surface area contributed by atoms with Crippen LogP contribution in [0.3, 0.4) is 0 Å². The topological polar surface area (TPSA) is 141 Å². The number of ether oxygens (including phenoxy) is 6. The van der Waals surface area contributed by atoms with Gasteiger partial charge in [0, 0.05) is 41.7 Å². The molecule has 0 heterocycles. The van der Waals surface area contributed by atoms with E-state index >= 15 is 0 Å². The van der Waals surface area contributed by atoms with Crippen LogP contribution in [-0.2, 0) is 52.4 Å². The first-order chi connectivity index (χ1) is 13.0. The zero-order chi connectivity index (χ0) is 21.9. The second kappa shape index (κ2) is 12.7. The van der Waals surface area contributed by atoms with Crippen molar-refractivity contribution in [2.75, 3.05) is 20.3 Å². The monoisotopic (exact) mass is 406 g/mol. The molecule has 0 aliphatic heterocycles. The molecule has 4 atom stereocenters. The van der Waals surface area contributed by atoms with Crippen LogP contribution in [-0.4, -0.2) is 74.6 Å². The summed E-state index contributed by atoms with van der Waals surface area (Å²) < 4.78 is 30.5. The van der Waals surface area contributed by atoms with Crippen molar-refractivity contribution in [1.29, 1.82) is 0 Å². The number of carbonyl (C=O) groups is 5. The first kappa shape index (κ1) is 25.3. The van der Waals surface area contributed by atoms with Crippen molar-refractivity contribution in [3.63, 3.8) is 0 Å². The maximum absolute atomic E-state index is 11.6. The molecule has 0 bridgehead atoms. The molecule has 0 aliphatic rings. The first-order valence-electron chi connectivity index (χ1n) is 8.29. The van der Waals surface area contributed by atoms with E-state index in [0.717, 1.165) is 27.7 Å². The van der Waals surface area contributed by atoms with Crippen LogP contribution in [0.15, 0.2) is 0 Å². The predicted octanol–water partition coefficient (Wildman–Crippen LogP) is -0.0773. The van der Waals surface area contributed by atoms with Gasteiger partial charge in [-0.25, -0.2) is 0 Å². The van der Waals surface area contributed by atoms with E-state index in [2.05, 4.69) is 0 Å². The Hall–Kier alpha value is -2.69. The average molecular weight is 406 g/mol. The third-order valence-corrected chi connectivity index (χ3v) is 3.18. The van der Waals surface area contributed by atoms with E-state index in [4.69, 9.17) is 28.4 Å². The van der Waals surface area contributed by atoms with Gasteiger partial charge in [0.15, 0.2) is 18.3 Å². The van der Waals surface area contributed by atoms with E-state index in [0.29, 0.717) is 0 Å². The minimum absolute atomic E-state index is 0.345. The van der Waals surface area contributed by atoms with Gasteiger partial charge in [-0.05, 0) is 0 Å². The smallest absolute Gasteiger partial charge is 0.303 e. The van der Waals surface area contributed by atoms with Gasteiger partial charge in [0.25, 0.3) is 0 Å². The maximum Gasteiger partial charge on any atom is 0.303 e. The van der Waals surface area contributed by atoms with Crippen molar-refractivity contribution in [1.82, 2.24) is 0 Å². The fraction of sp³-hybridized carbons (Fsp3) is 0.706. The molecular weight excluding hydrogens is 380 g/mol. The van der Waals surface area contributed by atoms with Crippen molar-refractivity contribution >= 4 is 29.8 Å². The molecular formula is C17H26O11. The van der Waals surface area contributed by atoms with Crippen molar-refractivity contribution in [3.8, 4) is 0 Å². The Bertz CT molecular complexity index is 571. The van der Waals surface area contributed by atoms with Crippen molar-refractivity contribution in [2.24, 2.45) is 0 Å². The van der Waals surface area contributed by atoms with Gasteiger partial charge in [-0.3, -0.25) is 24.0 Å². The summed E-state index contributed by atoms with van der Waals surface area (Å²) in [5.41, 5.74) is 0. The van der Waals surface area contributed by atoms with Gasteiger partial charge in [0.2, 0.25) is 0 Å². The summed E-state index contributed by atoms with van der Waals surface area (Å²) in [6, 6.07) is 0. The highest BCUT2D eigenvalue weighted by Gasteiger charge is 2.43. The molecule has 0 aromatic rings. The number of esters is 5. The standard InChI is InChI=1S/C17H26O11/c1-9(18)24-7-14(23-6)16(27-12(4)21)17(28-13(5)22)15(26-11(3)20)8-25-10(2)19/h14-17H,7-8H2,1-6H3/t14-,15+,16+,17+/m1/s1. The lowest BCUT2D eigenvalue weighted by Crippen LogP contribution is -2.53. The number of hydrogen-bond donors (Lipinski definition) is 0. The highest BCUT2D eigenvalue weighted by molar-refractivity contribution is 5.69. The van der Waals surface area contributed by atoms with Gasteiger partial charge in [0.05, 0.1) is 0 Å². The summed E-state index contributed by atoms with van der Waals surface area (Å²) in [4.78, 5) is 57.0. The Morgan fingerprint density at radius 1 is 0.571 bits per heavy atom. The van der Waals surface area contributed by atoms with E-state index in [-0.39, 0.29) is 6.61 Å². The zero-order valence-corrected chi connectivity index (χ0v) is 16.7. The lowest BCUT2D eigenvalue weighted by atomic mass is 10.0. The fourth-order valence-corrected chi connectivity index (χ4v) is 2.20. The Balaban J connectivity index is 5.93. The van der Waals surface area contributed by atoms with Gasteiger partial charge in [-0.2, -0.15) is 0 Å². The molecule has 0 N–H and O–H groups in total. The average Bonchev–Trinajstić information content (AvgIpc) is 2.55. The van der Waals surface area contributed by atoms with E-state index in [1.165, 1.54) is 14.0 Å². The van der Waals surface area contributed by atoms with E-state index < -0.39 is 60.9 Å². The first-order valence-corrected chi connectivity index (χ1v) is 8.29. The lowest BCUT2D eigenvalue weighted by Gasteiger charge is -2.34. The van der Waals surface area contributed by atoms with Gasteiger partial charge in [-0.1, -0.05) is 0 Å². The number of methoxy groups -OCH3 is 1. The second-order valence-electron chi connectivity index (χ2n) is 5.68. The van der Waals surface area contributed by atoms with Gasteiger partial charge in [-0.15, -0.1) is 0 Å². The summed E-state index contributed by atoms with van der Waals surface area (Å²) in [5, 5.41) is 0. The normalized spacial score (nSPS) is 14.6. The minimum atomic E-state index is -1.41. The number of carbonyl (C=O) groups excluding carboxylic acids is 5. The Morgan fingerprint density at radius 2 is 0.929 bits per heavy atom. The molecule has 28 heavy (non-hydrogen) atoms. The van der Waals surface area contributed by atoms with Crippen LogP contribution in [0.2, 0.25) is 0 Å². The highest BCUT2D eigenvalue weighted by atomic mass is 16.6. The summed E-state index contributed by atoms with van der Waals surface area (Å²) in [5.74, 6) is -3.61. The summed E-state index contributed by atoms with van der Waals surface area (Å²) >= 11 is 0. The Morgan fingerprint density at radius 3 is 1.25 bits per heavy atom. The molecule has 0 spiro atoms. The molecule has 0 rings (SSSR count). The largest absolute Gasteiger partial charge is 0.463 e.